The lowest BCUT2D eigenvalue weighted by molar-refractivity contribution is -0.140. The third-order valence-corrected chi connectivity index (χ3v) is 3.23. The Morgan fingerprint density at radius 2 is 2.33 bits per heavy atom. The van der Waals surface area contributed by atoms with Crippen molar-refractivity contribution in [3.05, 3.63) is 21.9 Å². The van der Waals surface area contributed by atoms with Crippen LogP contribution in [0.5, 0.6) is 0 Å². The zero-order valence-electron chi connectivity index (χ0n) is 9.16. The van der Waals surface area contributed by atoms with Crippen LogP contribution in [0.15, 0.2) is 12.1 Å². The van der Waals surface area contributed by atoms with Gasteiger partial charge < -0.3 is 10.5 Å². The summed E-state index contributed by atoms with van der Waals surface area (Å²) in [7, 11) is 1.40. The van der Waals surface area contributed by atoms with Gasteiger partial charge in [-0.2, -0.15) is 0 Å². The lowest BCUT2D eigenvalue weighted by atomic mass is 10.1. The molecule has 0 bridgehead atoms. The molecule has 3 nitrogen and oxygen atoms in total. The third-order valence-electron chi connectivity index (χ3n) is 2.21. The lowest BCUT2D eigenvalue weighted by Gasteiger charge is -2.08. The van der Waals surface area contributed by atoms with E-state index < -0.39 is 0 Å². The molecule has 0 aliphatic heterocycles. The van der Waals surface area contributed by atoms with E-state index in [1.807, 2.05) is 0 Å². The number of hydrogen-bond donors (Lipinski definition) is 1. The number of methoxy groups -OCH3 is 1. The van der Waals surface area contributed by atoms with Crippen molar-refractivity contribution in [2.75, 3.05) is 7.11 Å². The monoisotopic (exact) mass is 227 g/mol. The highest BCUT2D eigenvalue weighted by atomic mass is 32.1. The minimum atomic E-state index is -0.187. The van der Waals surface area contributed by atoms with E-state index in [4.69, 9.17) is 5.73 Å². The van der Waals surface area contributed by atoms with Crippen LogP contribution in [0.3, 0.4) is 0 Å². The zero-order valence-corrected chi connectivity index (χ0v) is 9.97. The zero-order chi connectivity index (χ0) is 11.3. The maximum atomic E-state index is 10.9. The molecule has 0 aliphatic rings. The Morgan fingerprint density at radius 3 is 2.87 bits per heavy atom. The Labute approximate surface area is 94.2 Å². The molecule has 0 radical (unpaired) electrons. The topological polar surface area (TPSA) is 52.3 Å². The van der Waals surface area contributed by atoms with Crippen LogP contribution in [0, 0.1) is 6.92 Å². The normalized spacial score (nSPS) is 12.5. The van der Waals surface area contributed by atoms with Crippen LogP contribution in [-0.4, -0.2) is 19.1 Å². The number of carbonyl (C=O) groups is 1. The van der Waals surface area contributed by atoms with Crippen molar-refractivity contribution >= 4 is 17.3 Å². The second-order valence-corrected chi connectivity index (χ2v) is 4.96. The van der Waals surface area contributed by atoms with E-state index in [9.17, 15) is 4.79 Å². The molecule has 1 heterocycles. The van der Waals surface area contributed by atoms with Gasteiger partial charge in [-0.15, -0.1) is 11.3 Å². The molecule has 1 atom stereocenters. The number of ether oxygens (including phenoxy) is 1. The Hall–Kier alpha value is -0.870. The number of aryl methyl sites for hydroxylation is 1. The number of thiophene rings is 1. The molecule has 0 saturated carbocycles. The minimum absolute atomic E-state index is 0.0437. The van der Waals surface area contributed by atoms with Crippen LogP contribution in [0.4, 0.5) is 0 Å². The summed E-state index contributed by atoms with van der Waals surface area (Å²) < 4.78 is 4.56. The van der Waals surface area contributed by atoms with Gasteiger partial charge in [0.1, 0.15) is 0 Å². The molecular weight excluding hydrogens is 210 g/mol. The largest absolute Gasteiger partial charge is 0.469 e. The van der Waals surface area contributed by atoms with E-state index >= 15 is 0 Å². The van der Waals surface area contributed by atoms with Gasteiger partial charge in [0.2, 0.25) is 0 Å². The molecule has 0 aliphatic carbocycles. The van der Waals surface area contributed by atoms with Gasteiger partial charge in [0.15, 0.2) is 0 Å². The minimum Gasteiger partial charge on any atom is -0.469 e. The van der Waals surface area contributed by atoms with E-state index in [0.717, 1.165) is 6.42 Å². The van der Waals surface area contributed by atoms with Crippen molar-refractivity contribution < 1.29 is 9.53 Å². The maximum Gasteiger partial charge on any atom is 0.305 e. The summed E-state index contributed by atoms with van der Waals surface area (Å²) in [5, 5.41) is 0. The highest BCUT2D eigenvalue weighted by Crippen LogP contribution is 2.17. The van der Waals surface area contributed by atoms with Crippen molar-refractivity contribution in [1.82, 2.24) is 0 Å². The fourth-order valence-electron chi connectivity index (χ4n) is 1.36. The van der Waals surface area contributed by atoms with E-state index in [1.165, 1.54) is 16.9 Å². The Kier molecular flexibility index (Phi) is 4.78. The van der Waals surface area contributed by atoms with Crippen molar-refractivity contribution in [1.29, 1.82) is 0 Å². The van der Waals surface area contributed by atoms with Crippen LogP contribution < -0.4 is 5.73 Å². The molecule has 0 fully saturated rings. The first kappa shape index (κ1) is 12.2. The highest BCUT2D eigenvalue weighted by Gasteiger charge is 2.08. The summed E-state index contributed by atoms with van der Waals surface area (Å²) in [6, 6.07) is 4.23. The van der Waals surface area contributed by atoms with Gasteiger partial charge in [-0.05, 0) is 31.9 Å². The van der Waals surface area contributed by atoms with Crippen LogP contribution >= 0.6 is 11.3 Å². The molecular formula is C11H17NO2S. The van der Waals surface area contributed by atoms with Crippen LogP contribution in [0.25, 0.3) is 0 Å². The first-order chi connectivity index (χ1) is 7.11. The van der Waals surface area contributed by atoms with Gasteiger partial charge in [0.25, 0.3) is 0 Å². The average molecular weight is 227 g/mol. The second-order valence-electron chi connectivity index (χ2n) is 3.59. The van der Waals surface area contributed by atoms with Gasteiger partial charge in [0, 0.05) is 22.2 Å². The van der Waals surface area contributed by atoms with Crippen molar-refractivity contribution in [2.45, 2.75) is 32.2 Å². The molecule has 15 heavy (non-hydrogen) atoms. The van der Waals surface area contributed by atoms with Gasteiger partial charge in [-0.25, -0.2) is 0 Å². The van der Waals surface area contributed by atoms with Crippen LogP contribution in [0.1, 0.15) is 22.6 Å². The summed E-state index contributed by atoms with van der Waals surface area (Å²) in [5.74, 6) is -0.187. The number of carbonyl (C=O) groups excluding carboxylic acids is 1. The third kappa shape index (κ3) is 4.44. The predicted octanol–water partition coefficient (Wildman–Crippen LogP) is 1.88. The summed E-state index contributed by atoms with van der Waals surface area (Å²) in [4.78, 5) is 13.5. The Balaban J connectivity index is 2.30. The SMILES string of the molecule is COC(=O)CCC(N)Cc1ccc(C)s1. The number of nitrogens with two attached hydrogens (primary N) is 1. The first-order valence-corrected chi connectivity index (χ1v) is 5.81. The molecule has 2 N–H and O–H groups in total. The Morgan fingerprint density at radius 1 is 1.60 bits per heavy atom. The van der Waals surface area contributed by atoms with Crippen molar-refractivity contribution in [3.8, 4) is 0 Å². The predicted molar refractivity (Wildman–Crippen MR) is 62.0 cm³/mol. The number of hydrogen-bond acceptors (Lipinski definition) is 4. The van der Waals surface area contributed by atoms with E-state index in [1.54, 1.807) is 11.3 Å². The van der Waals surface area contributed by atoms with Gasteiger partial charge in [-0.3, -0.25) is 4.79 Å². The molecule has 1 unspecified atom stereocenters. The molecule has 1 rings (SSSR count). The summed E-state index contributed by atoms with van der Waals surface area (Å²) in [6.07, 6.45) is 1.93. The quantitative estimate of drug-likeness (QED) is 0.781. The summed E-state index contributed by atoms with van der Waals surface area (Å²) >= 11 is 1.76. The molecule has 4 heteroatoms. The molecule has 84 valence electrons. The molecule has 0 aromatic carbocycles. The second kappa shape index (κ2) is 5.88. The van der Waals surface area contributed by atoms with Gasteiger partial charge >= 0.3 is 5.97 Å². The lowest BCUT2D eigenvalue weighted by Crippen LogP contribution is -2.23. The van der Waals surface area contributed by atoms with E-state index in [0.29, 0.717) is 12.8 Å². The molecule has 0 spiro atoms. The Bertz CT molecular complexity index is 322. The summed E-state index contributed by atoms with van der Waals surface area (Å²) in [6.45, 7) is 2.08. The first-order valence-electron chi connectivity index (χ1n) is 4.99. The number of esters is 1. The van der Waals surface area contributed by atoms with E-state index in [2.05, 4.69) is 23.8 Å². The van der Waals surface area contributed by atoms with Gasteiger partial charge in [0.05, 0.1) is 7.11 Å². The van der Waals surface area contributed by atoms with E-state index in [-0.39, 0.29) is 12.0 Å². The fourth-order valence-corrected chi connectivity index (χ4v) is 2.34. The fraction of sp³-hybridized carbons (Fsp3) is 0.545. The molecule has 0 saturated heterocycles. The molecule has 1 aromatic rings. The molecule has 0 amide bonds. The van der Waals surface area contributed by atoms with Gasteiger partial charge in [-0.1, -0.05) is 0 Å². The highest BCUT2D eigenvalue weighted by molar-refractivity contribution is 7.11. The number of rotatable bonds is 5. The summed E-state index contributed by atoms with van der Waals surface area (Å²) in [5.41, 5.74) is 5.92. The van der Waals surface area contributed by atoms with Crippen molar-refractivity contribution in [3.63, 3.8) is 0 Å². The standard InChI is InChI=1S/C11H17NO2S/c1-8-3-5-10(15-8)7-9(12)4-6-11(13)14-2/h3,5,9H,4,6-7,12H2,1-2H3. The maximum absolute atomic E-state index is 10.9. The smallest absolute Gasteiger partial charge is 0.305 e. The van der Waals surface area contributed by atoms with Crippen LogP contribution in [-0.2, 0) is 16.0 Å². The van der Waals surface area contributed by atoms with Crippen molar-refractivity contribution in [2.24, 2.45) is 5.73 Å². The average Bonchev–Trinajstić information content (AvgIpc) is 2.60. The molecule has 1 aromatic heterocycles. The van der Waals surface area contributed by atoms with Crippen LogP contribution in [0.2, 0.25) is 0 Å².